The van der Waals surface area contributed by atoms with Gasteiger partial charge in [-0.25, -0.2) is 0 Å². The van der Waals surface area contributed by atoms with Gasteiger partial charge < -0.3 is 5.32 Å². The second-order valence-corrected chi connectivity index (χ2v) is 9.06. The number of likely N-dealkylation sites (N-methyl/N-ethyl adjacent to an activating group) is 1. The largest absolute Gasteiger partial charge is 0.383 e. The second kappa shape index (κ2) is 6.29. The van der Waals surface area contributed by atoms with E-state index < -0.39 is 5.41 Å². The Morgan fingerprint density at radius 2 is 1.67 bits per heavy atom. The second-order valence-electron chi connectivity index (χ2n) is 9.06. The number of para-hydroxylation sites is 1. The van der Waals surface area contributed by atoms with Crippen LogP contribution in [0.25, 0.3) is 0 Å². The molecule has 1 N–H and O–H groups in total. The summed E-state index contributed by atoms with van der Waals surface area (Å²) in [5.41, 5.74) is 5.01. The Balaban J connectivity index is 1.64. The zero-order chi connectivity index (χ0) is 20.3. The number of likely N-dealkylation sites (tertiary alicyclic amines) is 1. The molecule has 6 rings (SSSR count). The molecule has 0 unspecified atom stereocenters. The minimum absolute atomic E-state index is 0.164. The molecule has 2 aliphatic heterocycles. The first kappa shape index (κ1) is 17.9. The van der Waals surface area contributed by atoms with Gasteiger partial charge in [-0.2, -0.15) is 0 Å². The Morgan fingerprint density at radius 1 is 0.933 bits per heavy atom. The summed E-state index contributed by atoms with van der Waals surface area (Å²) in [5, 5.41) is 3.66. The van der Waals surface area contributed by atoms with Crippen molar-refractivity contribution in [2.75, 3.05) is 25.5 Å². The van der Waals surface area contributed by atoms with Crippen molar-refractivity contribution in [3.8, 4) is 0 Å². The highest BCUT2D eigenvalue weighted by atomic mass is 16.1. The van der Waals surface area contributed by atoms with Crippen LogP contribution in [0.5, 0.6) is 0 Å². The van der Waals surface area contributed by atoms with Crippen LogP contribution in [0.4, 0.5) is 5.69 Å². The number of carbonyl (C=O) groups is 1. The lowest BCUT2D eigenvalue weighted by molar-refractivity contribution is 0.0348. The summed E-state index contributed by atoms with van der Waals surface area (Å²) in [6.45, 7) is 1.66. The smallest absolute Gasteiger partial charge is 0.172 e. The fourth-order valence-electron chi connectivity index (χ4n) is 6.72. The monoisotopic (exact) mass is 394 g/mol. The van der Waals surface area contributed by atoms with E-state index in [-0.39, 0.29) is 11.5 Å². The van der Waals surface area contributed by atoms with Crippen molar-refractivity contribution in [1.29, 1.82) is 0 Å². The first-order chi connectivity index (χ1) is 14.7. The van der Waals surface area contributed by atoms with Crippen LogP contribution >= 0.6 is 0 Å². The standard InChI is InChI=1S/C27H26N2O/c1-29-17-23(20-10-3-2-4-11-20)26(16-15-19-9-5-6-12-21(19)25(26)30)27(29)18-28-24-14-8-7-13-22(24)27/h2-14,23,28H,15-18H2,1H3/t23-,26+,27-/m0/s1. The quantitative estimate of drug-likeness (QED) is 0.640. The van der Waals surface area contributed by atoms with E-state index in [2.05, 4.69) is 84.0 Å². The minimum atomic E-state index is -0.489. The molecule has 3 nitrogen and oxygen atoms in total. The molecule has 1 aliphatic carbocycles. The average Bonchev–Trinajstić information content (AvgIpc) is 3.31. The molecule has 0 saturated carbocycles. The normalized spacial score (nSPS) is 29.8. The first-order valence-corrected chi connectivity index (χ1v) is 10.9. The van der Waals surface area contributed by atoms with Crippen molar-refractivity contribution in [2.45, 2.75) is 24.3 Å². The van der Waals surface area contributed by atoms with Crippen LogP contribution < -0.4 is 5.32 Å². The van der Waals surface area contributed by atoms with Crippen molar-refractivity contribution in [3.63, 3.8) is 0 Å². The number of fused-ring (bicyclic) bond motifs is 4. The van der Waals surface area contributed by atoms with E-state index in [9.17, 15) is 4.79 Å². The third-order valence-electron chi connectivity index (χ3n) is 8.01. The van der Waals surface area contributed by atoms with Crippen molar-refractivity contribution in [1.82, 2.24) is 4.90 Å². The Hall–Kier alpha value is -2.91. The van der Waals surface area contributed by atoms with Gasteiger partial charge >= 0.3 is 0 Å². The van der Waals surface area contributed by atoms with E-state index in [1.54, 1.807) is 0 Å². The SMILES string of the molecule is CN1C[C@@H](c2ccccc2)[C@@]2(CCc3ccccc3C2=O)[C@@]12CNc1ccccc12. The lowest BCUT2D eigenvalue weighted by Crippen LogP contribution is -2.57. The Morgan fingerprint density at radius 3 is 2.53 bits per heavy atom. The molecule has 3 heteroatoms. The molecule has 0 radical (unpaired) electrons. The highest BCUT2D eigenvalue weighted by molar-refractivity contribution is 6.05. The van der Waals surface area contributed by atoms with Gasteiger partial charge in [0.25, 0.3) is 0 Å². The molecule has 3 atom stereocenters. The number of benzene rings is 3. The van der Waals surface area contributed by atoms with Gasteiger partial charge in [-0.3, -0.25) is 9.69 Å². The summed E-state index contributed by atoms with van der Waals surface area (Å²) in [7, 11) is 2.21. The topological polar surface area (TPSA) is 32.3 Å². The fraction of sp³-hybridized carbons (Fsp3) is 0.296. The first-order valence-electron chi connectivity index (χ1n) is 10.9. The lowest BCUT2D eigenvalue weighted by Gasteiger charge is -2.49. The van der Waals surface area contributed by atoms with E-state index in [4.69, 9.17) is 0 Å². The Bertz CT molecular complexity index is 1140. The molecular weight excluding hydrogens is 368 g/mol. The summed E-state index contributed by atoms with van der Waals surface area (Å²) in [6, 6.07) is 27.5. The number of nitrogens with zero attached hydrogens (tertiary/aromatic N) is 1. The van der Waals surface area contributed by atoms with Gasteiger partial charge in [0, 0.05) is 30.3 Å². The van der Waals surface area contributed by atoms with Crippen LogP contribution in [0.15, 0.2) is 78.9 Å². The van der Waals surface area contributed by atoms with E-state index in [0.717, 1.165) is 31.5 Å². The van der Waals surface area contributed by atoms with Gasteiger partial charge in [-0.15, -0.1) is 0 Å². The van der Waals surface area contributed by atoms with Crippen LogP contribution in [-0.2, 0) is 12.0 Å². The van der Waals surface area contributed by atoms with Gasteiger partial charge in [0.1, 0.15) is 0 Å². The molecule has 0 amide bonds. The molecule has 1 saturated heterocycles. The van der Waals surface area contributed by atoms with Crippen LogP contribution in [0.2, 0.25) is 0 Å². The highest BCUT2D eigenvalue weighted by Crippen LogP contribution is 2.65. The number of carbonyl (C=O) groups excluding carboxylic acids is 1. The number of hydrogen-bond acceptors (Lipinski definition) is 3. The van der Waals surface area contributed by atoms with Gasteiger partial charge in [0.2, 0.25) is 0 Å². The molecular formula is C27H26N2O. The maximum Gasteiger partial charge on any atom is 0.172 e. The number of nitrogens with one attached hydrogen (secondary N) is 1. The third kappa shape index (κ3) is 2.06. The number of anilines is 1. The summed E-state index contributed by atoms with van der Waals surface area (Å²) < 4.78 is 0. The van der Waals surface area contributed by atoms with Crippen LogP contribution in [0, 0.1) is 5.41 Å². The predicted molar refractivity (Wildman–Crippen MR) is 120 cm³/mol. The fourth-order valence-corrected chi connectivity index (χ4v) is 6.72. The summed E-state index contributed by atoms with van der Waals surface area (Å²) >= 11 is 0. The molecule has 3 aliphatic rings. The number of hydrogen-bond donors (Lipinski definition) is 1. The predicted octanol–water partition coefficient (Wildman–Crippen LogP) is 4.85. The third-order valence-corrected chi connectivity index (χ3v) is 8.01. The zero-order valence-corrected chi connectivity index (χ0v) is 17.3. The number of aryl methyl sites for hydroxylation is 1. The highest BCUT2D eigenvalue weighted by Gasteiger charge is 2.69. The van der Waals surface area contributed by atoms with Crippen LogP contribution in [-0.4, -0.2) is 30.8 Å². The van der Waals surface area contributed by atoms with Crippen molar-refractivity contribution in [2.24, 2.45) is 5.41 Å². The van der Waals surface area contributed by atoms with E-state index >= 15 is 0 Å². The molecule has 3 aromatic rings. The number of ketones is 1. The zero-order valence-electron chi connectivity index (χ0n) is 17.3. The number of rotatable bonds is 1. The van der Waals surface area contributed by atoms with Crippen molar-refractivity contribution in [3.05, 3.63) is 101 Å². The summed E-state index contributed by atoms with van der Waals surface area (Å²) in [6.07, 6.45) is 1.83. The van der Waals surface area contributed by atoms with Gasteiger partial charge in [-0.1, -0.05) is 72.8 Å². The molecule has 3 aromatic carbocycles. The molecule has 30 heavy (non-hydrogen) atoms. The van der Waals surface area contributed by atoms with Crippen molar-refractivity contribution < 1.29 is 4.79 Å². The molecule has 2 heterocycles. The van der Waals surface area contributed by atoms with E-state index in [1.165, 1.54) is 22.4 Å². The number of Topliss-reactive ketones (excluding diaryl/α,β-unsaturated/α-hetero) is 1. The van der Waals surface area contributed by atoms with Gasteiger partial charge in [0.15, 0.2) is 5.78 Å². The minimum Gasteiger partial charge on any atom is -0.383 e. The lowest BCUT2D eigenvalue weighted by atomic mass is 9.53. The average molecular weight is 395 g/mol. The van der Waals surface area contributed by atoms with E-state index in [1.807, 2.05) is 12.1 Å². The van der Waals surface area contributed by atoms with Gasteiger partial charge in [0.05, 0.1) is 11.0 Å². The van der Waals surface area contributed by atoms with E-state index in [0.29, 0.717) is 5.78 Å². The molecule has 0 bridgehead atoms. The van der Waals surface area contributed by atoms with Crippen molar-refractivity contribution >= 4 is 11.5 Å². The summed E-state index contributed by atoms with van der Waals surface area (Å²) in [4.78, 5) is 17.0. The Kier molecular flexibility index (Phi) is 3.76. The maximum absolute atomic E-state index is 14.5. The van der Waals surface area contributed by atoms with Gasteiger partial charge in [-0.05, 0) is 42.6 Å². The van der Waals surface area contributed by atoms with Crippen LogP contribution in [0.1, 0.15) is 39.4 Å². The summed E-state index contributed by atoms with van der Waals surface area (Å²) in [5.74, 6) is 0.485. The molecule has 0 aromatic heterocycles. The molecule has 150 valence electrons. The Labute approximate surface area is 177 Å². The maximum atomic E-state index is 14.5. The molecule has 2 spiro atoms. The van der Waals surface area contributed by atoms with Crippen LogP contribution in [0.3, 0.4) is 0 Å². The molecule has 1 fully saturated rings.